The Labute approximate surface area is 144 Å². The molecule has 0 radical (unpaired) electrons. The van der Waals surface area contributed by atoms with Gasteiger partial charge in [0.1, 0.15) is 5.82 Å². The zero-order valence-corrected chi connectivity index (χ0v) is 13.6. The maximum Gasteiger partial charge on any atom is 0.226 e. The lowest BCUT2D eigenvalue weighted by Crippen LogP contribution is -2.32. The van der Waals surface area contributed by atoms with Crippen LogP contribution < -0.4 is 4.74 Å². The minimum absolute atomic E-state index is 0.0300. The van der Waals surface area contributed by atoms with Crippen molar-refractivity contribution in [3.63, 3.8) is 0 Å². The summed E-state index contributed by atoms with van der Waals surface area (Å²) in [5, 5.41) is 9.92. The molecule has 2 atom stereocenters. The third-order valence-electron chi connectivity index (χ3n) is 4.24. The standard InChI is InChI=1S/C19H19F2NO3/c20-14-5-3-4-13(10-14)17-11-15(23)12-22(17)19(24)8-9-25-18-7-2-1-6-16(18)21/h1-7,10,15,17,23H,8-9,11-12H2/t15-,17-/m0/s1. The van der Waals surface area contributed by atoms with Gasteiger partial charge in [-0.05, 0) is 36.2 Å². The van der Waals surface area contributed by atoms with E-state index in [9.17, 15) is 18.7 Å². The number of benzene rings is 2. The van der Waals surface area contributed by atoms with Gasteiger partial charge in [0, 0.05) is 6.54 Å². The van der Waals surface area contributed by atoms with Crippen molar-refractivity contribution in [3.05, 3.63) is 65.7 Å². The average molecular weight is 347 g/mol. The fraction of sp³-hybridized carbons (Fsp3) is 0.316. The van der Waals surface area contributed by atoms with Crippen molar-refractivity contribution in [1.82, 2.24) is 4.90 Å². The molecule has 1 aliphatic heterocycles. The molecule has 1 fully saturated rings. The minimum atomic E-state index is -0.648. The number of amides is 1. The molecule has 0 aromatic heterocycles. The fourth-order valence-electron chi connectivity index (χ4n) is 3.07. The predicted octanol–water partition coefficient (Wildman–Crippen LogP) is 3.07. The lowest BCUT2D eigenvalue weighted by atomic mass is 10.0. The summed E-state index contributed by atoms with van der Waals surface area (Å²) >= 11 is 0. The minimum Gasteiger partial charge on any atom is -0.490 e. The molecule has 6 heteroatoms. The largest absolute Gasteiger partial charge is 0.490 e. The number of carbonyl (C=O) groups excluding carboxylic acids is 1. The first kappa shape index (κ1) is 17.4. The van der Waals surface area contributed by atoms with Crippen LogP contribution in [0.5, 0.6) is 5.75 Å². The molecule has 1 saturated heterocycles. The summed E-state index contributed by atoms with van der Waals surface area (Å²) in [5.74, 6) is -0.987. The van der Waals surface area contributed by atoms with E-state index >= 15 is 0 Å². The lowest BCUT2D eigenvalue weighted by Gasteiger charge is -2.25. The Morgan fingerprint density at radius 2 is 2.00 bits per heavy atom. The van der Waals surface area contributed by atoms with Gasteiger partial charge in [0.2, 0.25) is 5.91 Å². The monoisotopic (exact) mass is 347 g/mol. The zero-order chi connectivity index (χ0) is 17.8. The predicted molar refractivity (Wildman–Crippen MR) is 88.0 cm³/mol. The number of rotatable bonds is 5. The number of likely N-dealkylation sites (tertiary alicyclic amines) is 1. The van der Waals surface area contributed by atoms with Crippen molar-refractivity contribution in [2.75, 3.05) is 13.2 Å². The Morgan fingerprint density at radius 3 is 2.76 bits per heavy atom. The van der Waals surface area contributed by atoms with E-state index in [4.69, 9.17) is 4.74 Å². The van der Waals surface area contributed by atoms with Crippen molar-refractivity contribution >= 4 is 5.91 Å². The number of halogens is 2. The molecule has 25 heavy (non-hydrogen) atoms. The van der Waals surface area contributed by atoms with Gasteiger partial charge in [-0.25, -0.2) is 8.78 Å². The molecule has 0 spiro atoms. The molecule has 0 bridgehead atoms. The molecule has 4 nitrogen and oxygen atoms in total. The molecule has 132 valence electrons. The van der Waals surface area contributed by atoms with Gasteiger partial charge >= 0.3 is 0 Å². The molecule has 1 N–H and O–H groups in total. The van der Waals surface area contributed by atoms with Gasteiger partial charge in [-0.1, -0.05) is 24.3 Å². The second kappa shape index (κ2) is 7.61. The second-order valence-electron chi connectivity index (χ2n) is 6.04. The summed E-state index contributed by atoms with van der Waals surface area (Å²) in [6, 6.07) is 11.7. The van der Waals surface area contributed by atoms with Crippen LogP contribution in [0.15, 0.2) is 48.5 Å². The van der Waals surface area contributed by atoms with Gasteiger partial charge in [-0.3, -0.25) is 4.79 Å². The van der Waals surface area contributed by atoms with Crippen LogP contribution in [0.25, 0.3) is 0 Å². The maximum absolute atomic E-state index is 13.5. The topological polar surface area (TPSA) is 49.8 Å². The average Bonchev–Trinajstić information content (AvgIpc) is 2.98. The van der Waals surface area contributed by atoms with E-state index in [-0.39, 0.29) is 43.1 Å². The van der Waals surface area contributed by atoms with Crippen LogP contribution in [0, 0.1) is 11.6 Å². The van der Waals surface area contributed by atoms with E-state index in [0.717, 1.165) is 0 Å². The van der Waals surface area contributed by atoms with Crippen LogP contribution in [-0.2, 0) is 4.79 Å². The van der Waals surface area contributed by atoms with Crippen LogP contribution in [-0.4, -0.2) is 35.2 Å². The van der Waals surface area contributed by atoms with Crippen molar-refractivity contribution < 1.29 is 23.4 Å². The number of hydrogen-bond donors (Lipinski definition) is 1. The third-order valence-corrected chi connectivity index (χ3v) is 4.24. The smallest absolute Gasteiger partial charge is 0.226 e. The van der Waals surface area contributed by atoms with Crippen molar-refractivity contribution in [2.24, 2.45) is 0 Å². The number of aliphatic hydroxyl groups is 1. The number of aliphatic hydroxyl groups excluding tert-OH is 1. The van der Waals surface area contributed by atoms with E-state index in [2.05, 4.69) is 0 Å². The Hall–Kier alpha value is -2.47. The summed E-state index contributed by atoms with van der Waals surface area (Å²) in [6.07, 6.45) is -0.235. The molecule has 0 saturated carbocycles. The number of hydrogen-bond acceptors (Lipinski definition) is 3. The van der Waals surface area contributed by atoms with Crippen LogP contribution in [0.3, 0.4) is 0 Å². The summed E-state index contributed by atoms with van der Waals surface area (Å²) in [7, 11) is 0. The van der Waals surface area contributed by atoms with E-state index in [1.54, 1.807) is 24.3 Å². The Morgan fingerprint density at radius 1 is 1.20 bits per heavy atom. The molecule has 3 rings (SSSR count). The van der Waals surface area contributed by atoms with Crippen molar-refractivity contribution in [2.45, 2.75) is 25.0 Å². The molecular weight excluding hydrogens is 328 g/mol. The zero-order valence-electron chi connectivity index (χ0n) is 13.6. The second-order valence-corrected chi connectivity index (χ2v) is 6.04. The first-order valence-electron chi connectivity index (χ1n) is 8.15. The summed E-state index contributed by atoms with van der Waals surface area (Å²) in [6.45, 7) is 0.224. The van der Waals surface area contributed by atoms with E-state index in [1.807, 2.05) is 0 Å². The first-order valence-corrected chi connectivity index (χ1v) is 8.15. The van der Waals surface area contributed by atoms with Gasteiger partial charge < -0.3 is 14.7 Å². The Kier molecular flexibility index (Phi) is 5.28. The summed E-state index contributed by atoms with van der Waals surface area (Å²) in [5.41, 5.74) is 0.653. The highest BCUT2D eigenvalue weighted by molar-refractivity contribution is 5.77. The van der Waals surface area contributed by atoms with Gasteiger partial charge in [0.25, 0.3) is 0 Å². The lowest BCUT2D eigenvalue weighted by molar-refractivity contribution is -0.133. The van der Waals surface area contributed by atoms with Crippen LogP contribution in [0.2, 0.25) is 0 Å². The highest BCUT2D eigenvalue weighted by Crippen LogP contribution is 2.33. The van der Waals surface area contributed by atoms with Gasteiger partial charge in [-0.2, -0.15) is 0 Å². The van der Waals surface area contributed by atoms with Crippen LogP contribution in [0.1, 0.15) is 24.4 Å². The molecule has 1 aliphatic rings. The van der Waals surface area contributed by atoms with Crippen molar-refractivity contribution in [3.8, 4) is 5.75 Å². The SMILES string of the molecule is O=C(CCOc1ccccc1F)N1C[C@@H](O)C[C@H]1c1cccc(F)c1. The van der Waals surface area contributed by atoms with E-state index in [1.165, 1.54) is 29.2 Å². The van der Waals surface area contributed by atoms with E-state index < -0.39 is 11.9 Å². The Balaban J connectivity index is 1.63. The maximum atomic E-state index is 13.5. The van der Waals surface area contributed by atoms with Gasteiger partial charge in [0.05, 0.1) is 25.2 Å². The first-order chi connectivity index (χ1) is 12.0. The third kappa shape index (κ3) is 4.14. The highest BCUT2D eigenvalue weighted by Gasteiger charge is 2.35. The number of carbonyl (C=O) groups is 1. The number of β-amino-alcohol motifs (C(OH)–C–C–N with tert-alkyl or cyclic N) is 1. The molecular formula is C19H19F2NO3. The fourth-order valence-corrected chi connectivity index (χ4v) is 3.07. The quantitative estimate of drug-likeness (QED) is 0.904. The van der Waals surface area contributed by atoms with Crippen LogP contribution >= 0.6 is 0 Å². The van der Waals surface area contributed by atoms with Crippen molar-refractivity contribution in [1.29, 1.82) is 0 Å². The molecule has 2 aromatic carbocycles. The van der Waals surface area contributed by atoms with Gasteiger partial charge in [-0.15, -0.1) is 0 Å². The normalized spacial score (nSPS) is 19.9. The molecule has 0 unspecified atom stereocenters. The summed E-state index contributed by atoms with van der Waals surface area (Å²) < 4.78 is 32.3. The molecule has 2 aromatic rings. The number of nitrogens with zero attached hydrogens (tertiary/aromatic N) is 1. The highest BCUT2D eigenvalue weighted by atomic mass is 19.1. The summed E-state index contributed by atoms with van der Waals surface area (Å²) in [4.78, 5) is 14.0. The van der Waals surface area contributed by atoms with Gasteiger partial charge in [0.15, 0.2) is 11.6 Å². The Bertz CT molecular complexity index is 753. The molecule has 1 amide bonds. The number of para-hydroxylation sites is 1. The number of ether oxygens (including phenoxy) is 1. The van der Waals surface area contributed by atoms with Crippen LogP contribution in [0.4, 0.5) is 8.78 Å². The van der Waals surface area contributed by atoms with E-state index in [0.29, 0.717) is 12.0 Å². The molecule has 0 aliphatic carbocycles. The molecule has 1 heterocycles.